The molecule has 0 radical (unpaired) electrons. The quantitative estimate of drug-likeness (QED) is 0.0182. The molecule has 0 saturated heterocycles. The van der Waals surface area contributed by atoms with Crippen molar-refractivity contribution in [1.82, 2.24) is 4.90 Å². The smallest absolute Gasteiger partial charge is 0.410 e. The van der Waals surface area contributed by atoms with Crippen molar-refractivity contribution < 1.29 is 48.5 Å². The van der Waals surface area contributed by atoms with Crippen molar-refractivity contribution in [3.05, 3.63) is 154 Å². The average molecular weight is 978 g/mol. The number of thioether (sulfide) groups is 1. The minimum absolute atomic E-state index is 0.0200. The van der Waals surface area contributed by atoms with E-state index in [-0.39, 0.29) is 69.5 Å². The molecule has 70 heavy (non-hydrogen) atoms. The number of nitrogens with zero attached hydrogens (tertiary/aromatic N) is 3. The van der Waals surface area contributed by atoms with Crippen molar-refractivity contribution in [3.8, 4) is 11.5 Å². The van der Waals surface area contributed by atoms with Crippen LogP contribution in [0.3, 0.4) is 0 Å². The minimum Gasteiger partial charge on any atom is -0.493 e. The Balaban J connectivity index is 1.31. The van der Waals surface area contributed by atoms with Crippen LogP contribution >= 0.6 is 11.8 Å². The number of hydrogen-bond donors (Lipinski definition) is 2. The molecule has 2 N–H and O–H groups in total. The van der Waals surface area contributed by atoms with Gasteiger partial charge >= 0.3 is 6.09 Å². The number of non-ortho nitro benzene ring substituents is 1. The van der Waals surface area contributed by atoms with Gasteiger partial charge in [-0.2, -0.15) is 0 Å². The summed E-state index contributed by atoms with van der Waals surface area (Å²) >= 11 is 1.73. The standard InChI is InChI=1S/C55H67N3O11S/c1-3-27-57(54(61)66-32-31-64-38-40-15-7-5-8-16-40)51-37-49(56-68-39-41-21-23-43(24-22-41)58(62)63)47-35-42(17-11-13-28-59)46(20-12-14-29-60)52-48-36-44(65-33-34-70-45-18-9-6-10-19-45)25-26-50(48)69-55(51,53(47)52)67-30-4-2/h4-10,15-16,18-19,21-26,35-36,42,46,51-53,59-60H,2-3,11-14,17,20,27-34,37-39H2,1H3. The molecule has 2 aliphatic carbocycles. The maximum Gasteiger partial charge on any atom is 0.410 e. The number of rotatable bonds is 28. The van der Waals surface area contributed by atoms with Crippen molar-refractivity contribution in [2.75, 3.05) is 51.9 Å². The highest BCUT2D eigenvalue weighted by molar-refractivity contribution is 7.99. The first-order valence-electron chi connectivity index (χ1n) is 24.6. The molecule has 4 aromatic rings. The summed E-state index contributed by atoms with van der Waals surface area (Å²) in [5.74, 6) is -0.121. The van der Waals surface area contributed by atoms with E-state index in [0.29, 0.717) is 61.8 Å². The molecular formula is C55H67N3O11S. The highest BCUT2D eigenvalue weighted by atomic mass is 32.2. The van der Waals surface area contributed by atoms with Gasteiger partial charge in [-0.1, -0.05) is 85.6 Å². The van der Waals surface area contributed by atoms with Gasteiger partial charge in [0, 0.05) is 60.4 Å². The first kappa shape index (κ1) is 52.1. The maximum absolute atomic E-state index is 14.6. The first-order chi connectivity index (χ1) is 34.3. The number of allylic oxidation sites excluding steroid dienone is 1. The lowest BCUT2D eigenvalue weighted by Crippen LogP contribution is -2.70. The minimum atomic E-state index is -1.47. The topological polar surface area (TPSA) is 172 Å². The number of aliphatic hydroxyl groups is 2. The molecule has 374 valence electrons. The summed E-state index contributed by atoms with van der Waals surface area (Å²) in [7, 11) is 0. The predicted octanol–water partition coefficient (Wildman–Crippen LogP) is 10.7. The van der Waals surface area contributed by atoms with Crippen LogP contribution in [0.15, 0.2) is 137 Å². The van der Waals surface area contributed by atoms with E-state index in [9.17, 15) is 25.1 Å². The number of fused-ring (bicyclic) bond motifs is 2. The van der Waals surface area contributed by atoms with Gasteiger partial charge in [0.25, 0.3) is 5.69 Å². The van der Waals surface area contributed by atoms with Gasteiger partial charge in [-0.25, -0.2) is 4.79 Å². The molecule has 0 aromatic heterocycles. The summed E-state index contributed by atoms with van der Waals surface area (Å²) in [5.41, 5.74) is 4.15. The molecule has 3 aliphatic rings. The van der Waals surface area contributed by atoms with Gasteiger partial charge in [-0.15, -0.1) is 18.3 Å². The Hall–Kier alpha value is -5.71. The Labute approximate surface area is 415 Å². The monoisotopic (exact) mass is 977 g/mol. The van der Waals surface area contributed by atoms with Crippen molar-refractivity contribution in [2.45, 2.75) is 94.1 Å². The Morgan fingerprint density at radius 3 is 2.37 bits per heavy atom. The van der Waals surface area contributed by atoms with Crippen molar-refractivity contribution in [2.24, 2.45) is 22.9 Å². The fourth-order valence-electron chi connectivity index (χ4n) is 10.1. The van der Waals surface area contributed by atoms with Crippen LogP contribution in [-0.2, 0) is 32.3 Å². The Kier molecular flexibility index (Phi) is 19.7. The SMILES string of the molecule is C=CCOC12Oc3ccc(OCCSc4ccccc4)cc3C3C(CCCCO)C(CCCCO)C=C(C(=NOCc4ccc([N+](=O)[O-])cc4)CC1N(CCC)C(=O)OCCOCc1ccccc1)C32. The summed E-state index contributed by atoms with van der Waals surface area (Å²) in [4.78, 5) is 34.7. The second-order valence-corrected chi connectivity index (χ2v) is 19.0. The molecule has 6 unspecified atom stereocenters. The summed E-state index contributed by atoms with van der Waals surface area (Å²) in [6.07, 6.45) is 8.64. The second kappa shape index (κ2) is 26.5. The number of carbonyl (C=O) groups is 1. The van der Waals surface area contributed by atoms with Gasteiger partial charge < -0.3 is 38.7 Å². The third-order valence-corrected chi connectivity index (χ3v) is 14.2. The summed E-state index contributed by atoms with van der Waals surface area (Å²) in [6.45, 7) is 7.74. The molecule has 4 aromatic carbocycles. The van der Waals surface area contributed by atoms with Gasteiger partial charge in [0.15, 0.2) is 0 Å². The fourth-order valence-corrected chi connectivity index (χ4v) is 10.9. The third kappa shape index (κ3) is 13.2. The van der Waals surface area contributed by atoms with Gasteiger partial charge in [-0.3, -0.25) is 15.0 Å². The highest BCUT2D eigenvalue weighted by Gasteiger charge is 2.65. The maximum atomic E-state index is 14.6. The molecule has 1 amide bonds. The zero-order chi connectivity index (χ0) is 49.1. The van der Waals surface area contributed by atoms with Crippen LogP contribution in [0.1, 0.15) is 80.9 Å². The molecule has 1 saturated carbocycles. The number of carbonyl (C=O) groups excluding carboxylic acids is 1. The zero-order valence-electron chi connectivity index (χ0n) is 40.1. The van der Waals surface area contributed by atoms with Gasteiger partial charge in [-0.05, 0) is 103 Å². The lowest BCUT2D eigenvalue weighted by Gasteiger charge is -2.59. The van der Waals surface area contributed by atoms with Crippen molar-refractivity contribution >= 4 is 29.3 Å². The highest BCUT2D eigenvalue weighted by Crippen LogP contribution is 2.62. The molecule has 0 bridgehead atoms. The molecule has 1 aliphatic heterocycles. The first-order valence-corrected chi connectivity index (χ1v) is 25.6. The number of aliphatic hydroxyl groups excluding tert-OH is 2. The number of unbranched alkanes of at least 4 members (excludes halogenated alkanes) is 2. The van der Waals surface area contributed by atoms with Crippen LogP contribution < -0.4 is 9.47 Å². The van der Waals surface area contributed by atoms with Crippen molar-refractivity contribution in [1.29, 1.82) is 0 Å². The van der Waals surface area contributed by atoms with E-state index < -0.39 is 28.8 Å². The number of amides is 1. The summed E-state index contributed by atoms with van der Waals surface area (Å²) < 4.78 is 32.9. The van der Waals surface area contributed by atoms with E-state index in [1.165, 1.54) is 17.0 Å². The summed E-state index contributed by atoms with van der Waals surface area (Å²) in [6, 6.07) is 31.4. The molecule has 15 heteroatoms. The fraction of sp³-hybridized carbons (Fsp3) is 0.455. The molecule has 14 nitrogen and oxygen atoms in total. The average Bonchev–Trinajstić information content (AvgIpc) is 3.38. The van der Waals surface area contributed by atoms with E-state index in [2.05, 4.69) is 30.9 Å². The van der Waals surface area contributed by atoms with Gasteiger partial charge in [0.2, 0.25) is 5.79 Å². The largest absolute Gasteiger partial charge is 0.493 e. The second-order valence-electron chi connectivity index (χ2n) is 17.8. The van der Waals surface area contributed by atoms with Crippen LogP contribution in [0, 0.1) is 27.9 Å². The molecule has 6 atom stereocenters. The Morgan fingerprint density at radius 2 is 1.66 bits per heavy atom. The lowest BCUT2D eigenvalue weighted by molar-refractivity contribution is -0.384. The molecule has 7 rings (SSSR count). The van der Waals surface area contributed by atoms with Crippen LogP contribution in [0.25, 0.3) is 0 Å². The van der Waals surface area contributed by atoms with Crippen LogP contribution in [-0.4, -0.2) is 95.6 Å². The number of hydrogen-bond acceptors (Lipinski definition) is 13. The number of nitro groups is 1. The predicted molar refractivity (Wildman–Crippen MR) is 270 cm³/mol. The molecule has 1 heterocycles. The van der Waals surface area contributed by atoms with Crippen molar-refractivity contribution in [3.63, 3.8) is 0 Å². The van der Waals surface area contributed by atoms with Crippen LogP contribution in [0.2, 0.25) is 0 Å². The van der Waals surface area contributed by atoms with Gasteiger partial charge in [0.05, 0.1) is 43.0 Å². The van der Waals surface area contributed by atoms with E-state index in [1.807, 2.05) is 67.6 Å². The summed E-state index contributed by atoms with van der Waals surface area (Å²) in [5, 5.41) is 36.3. The van der Waals surface area contributed by atoms with E-state index in [4.69, 9.17) is 33.7 Å². The van der Waals surface area contributed by atoms with E-state index >= 15 is 0 Å². The normalized spacial score (nSPS) is 21.7. The molecule has 1 fully saturated rings. The van der Waals surface area contributed by atoms with E-state index in [0.717, 1.165) is 48.1 Å². The lowest BCUT2D eigenvalue weighted by atomic mass is 9.55. The number of ether oxygens (including phenoxy) is 5. The van der Waals surface area contributed by atoms with E-state index in [1.54, 1.807) is 34.9 Å². The molecule has 0 spiro atoms. The zero-order valence-corrected chi connectivity index (χ0v) is 40.9. The van der Waals surface area contributed by atoms with Gasteiger partial charge in [0.1, 0.15) is 30.8 Å². The number of nitro benzene ring substituents is 1. The molecular weight excluding hydrogens is 911 g/mol. The Morgan fingerprint density at radius 1 is 0.929 bits per heavy atom. The number of benzene rings is 4. The van der Waals surface area contributed by atoms with Crippen LogP contribution in [0.5, 0.6) is 11.5 Å². The van der Waals surface area contributed by atoms with Crippen LogP contribution in [0.4, 0.5) is 10.5 Å². The Bertz CT molecular complexity index is 2350. The third-order valence-electron chi connectivity index (χ3n) is 13.2. The number of oxime groups is 1.